The molecular weight excluding hydrogens is 511 g/mol. The van der Waals surface area contributed by atoms with Crippen LogP contribution in [0.4, 0.5) is 17.6 Å². The Bertz CT molecular complexity index is 798. The molecule has 0 radical (unpaired) electrons. The Balaban J connectivity index is 0.00000392. The average Bonchev–Trinajstić information content (AvgIpc) is 3.10. The number of nitrogens with one attached hydrogen (secondary N) is 2. The topological polar surface area (TPSA) is 58.5 Å². The van der Waals surface area contributed by atoms with E-state index < -0.39 is 17.7 Å². The molecule has 0 amide bonds. The molecule has 0 aliphatic carbocycles. The number of hydrogen-bond donors (Lipinski definition) is 2. The zero-order valence-corrected chi connectivity index (χ0v) is 18.6. The van der Waals surface area contributed by atoms with Crippen molar-refractivity contribution in [2.24, 2.45) is 4.99 Å². The van der Waals surface area contributed by atoms with Gasteiger partial charge in [0.1, 0.15) is 0 Å². The minimum Gasteiger partial charge on any atom is -0.494 e. The number of guanidine groups is 1. The molecule has 0 saturated heterocycles. The number of methoxy groups -OCH3 is 1. The van der Waals surface area contributed by atoms with Crippen LogP contribution in [0.25, 0.3) is 0 Å². The number of aromatic nitrogens is 1. The molecule has 5 nitrogen and oxygen atoms in total. The van der Waals surface area contributed by atoms with E-state index in [0.717, 1.165) is 16.7 Å². The first kappa shape index (κ1) is 24.4. The second kappa shape index (κ2) is 10.8. The number of hydrogen-bond acceptors (Lipinski definition) is 4. The van der Waals surface area contributed by atoms with Crippen molar-refractivity contribution in [1.82, 2.24) is 15.6 Å². The average molecular weight is 532 g/mol. The summed E-state index contributed by atoms with van der Waals surface area (Å²) in [6, 6.07) is 4.41. The number of halogens is 5. The number of nitrogens with zero attached hydrogens (tertiary/aromatic N) is 2. The number of benzene rings is 1. The lowest BCUT2D eigenvalue weighted by Crippen LogP contribution is -2.39. The van der Waals surface area contributed by atoms with Crippen LogP contribution >= 0.6 is 35.3 Å². The fourth-order valence-corrected chi connectivity index (χ4v) is 3.08. The highest BCUT2D eigenvalue weighted by Crippen LogP contribution is 2.30. The van der Waals surface area contributed by atoms with E-state index in [9.17, 15) is 17.6 Å². The second-order valence-corrected chi connectivity index (χ2v) is 6.58. The van der Waals surface area contributed by atoms with Gasteiger partial charge in [0.05, 0.1) is 18.2 Å². The van der Waals surface area contributed by atoms with Crippen molar-refractivity contribution < 1.29 is 22.3 Å². The maximum absolute atomic E-state index is 13.8. The fourth-order valence-electron chi connectivity index (χ4n) is 2.28. The maximum Gasteiger partial charge on any atom is 0.434 e. The molecule has 1 atom stereocenters. The highest BCUT2D eigenvalue weighted by molar-refractivity contribution is 14.0. The third kappa shape index (κ3) is 6.76. The van der Waals surface area contributed by atoms with Crippen molar-refractivity contribution in [3.63, 3.8) is 0 Å². The molecule has 156 valence electrons. The van der Waals surface area contributed by atoms with Crippen molar-refractivity contribution >= 4 is 41.3 Å². The Hall–Kier alpha value is -1.63. The van der Waals surface area contributed by atoms with Crippen LogP contribution in [0.2, 0.25) is 0 Å². The number of rotatable bonds is 6. The predicted molar refractivity (Wildman–Crippen MR) is 112 cm³/mol. The summed E-state index contributed by atoms with van der Waals surface area (Å²) in [5.74, 6) is 0.150. The third-order valence-corrected chi connectivity index (χ3v) is 4.63. The van der Waals surface area contributed by atoms with Gasteiger partial charge in [-0.2, -0.15) is 13.2 Å². The number of alkyl halides is 3. The van der Waals surface area contributed by atoms with Gasteiger partial charge in [-0.3, -0.25) is 4.99 Å². The van der Waals surface area contributed by atoms with Crippen LogP contribution < -0.4 is 15.4 Å². The van der Waals surface area contributed by atoms with E-state index in [1.807, 2.05) is 6.92 Å². The minimum atomic E-state index is -4.43. The van der Waals surface area contributed by atoms with Crippen LogP contribution in [-0.4, -0.2) is 31.6 Å². The largest absolute Gasteiger partial charge is 0.494 e. The summed E-state index contributed by atoms with van der Waals surface area (Å²) < 4.78 is 56.4. The molecule has 2 N–H and O–H groups in total. The predicted octanol–water partition coefficient (Wildman–Crippen LogP) is 4.40. The van der Waals surface area contributed by atoms with Crippen LogP contribution in [0.1, 0.15) is 29.2 Å². The van der Waals surface area contributed by atoms with E-state index in [4.69, 9.17) is 4.74 Å². The summed E-state index contributed by atoms with van der Waals surface area (Å²) in [6.07, 6.45) is -4.10. The normalized spacial score (nSPS) is 12.9. The van der Waals surface area contributed by atoms with E-state index in [1.54, 1.807) is 19.2 Å². The van der Waals surface area contributed by atoms with E-state index >= 15 is 0 Å². The lowest BCUT2D eigenvalue weighted by atomic mass is 10.1. The van der Waals surface area contributed by atoms with E-state index in [0.29, 0.717) is 29.5 Å². The van der Waals surface area contributed by atoms with Crippen molar-refractivity contribution in [2.75, 3.05) is 20.7 Å². The van der Waals surface area contributed by atoms with Crippen LogP contribution in [0.5, 0.6) is 5.75 Å². The molecule has 28 heavy (non-hydrogen) atoms. The molecule has 0 saturated carbocycles. The summed E-state index contributed by atoms with van der Waals surface area (Å²) in [7, 11) is 2.97. The first-order chi connectivity index (χ1) is 12.7. The van der Waals surface area contributed by atoms with Gasteiger partial charge in [-0.25, -0.2) is 9.37 Å². The highest BCUT2D eigenvalue weighted by Gasteiger charge is 2.33. The molecule has 0 aliphatic rings. The monoisotopic (exact) mass is 532 g/mol. The Morgan fingerprint density at radius 2 is 2.07 bits per heavy atom. The van der Waals surface area contributed by atoms with E-state index in [1.165, 1.54) is 13.2 Å². The van der Waals surface area contributed by atoms with Crippen molar-refractivity contribution in [1.29, 1.82) is 0 Å². The zero-order chi connectivity index (χ0) is 20.0. The lowest BCUT2D eigenvalue weighted by molar-refractivity contribution is -0.140. The van der Waals surface area contributed by atoms with Crippen molar-refractivity contribution in [3.8, 4) is 5.75 Å². The Morgan fingerprint density at radius 1 is 1.36 bits per heavy atom. The summed E-state index contributed by atoms with van der Waals surface area (Å²) in [4.78, 5) is 7.64. The van der Waals surface area contributed by atoms with Gasteiger partial charge in [-0.15, -0.1) is 35.3 Å². The Labute approximate surface area is 181 Å². The maximum atomic E-state index is 13.8. The fraction of sp³-hybridized carbons (Fsp3) is 0.412. The SMILES string of the molecule is CN=C(NCCc1nc(C(F)(F)F)cs1)NC(C)c1ccc(OC)c(F)c1.I. The molecule has 1 heterocycles. The first-order valence-electron chi connectivity index (χ1n) is 8.06. The molecule has 1 aromatic heterocycles. The van der Waals surface area contributed by atoms with E-state index in [-0.39, 0.29) is 35.8 Å². The van der Waals surface area contributed by atoms with Gasteiger partial charge >= 0.3 is 6.18 Å². The van der Waals surface area contributed by atoms with Crippen molar-refractivity contribution in [3.05, 3.63) is 45.7 Å². The van der Waals surface area contributed by atoms with Gasteiger partial charge in [0, 0.05) is 25.4 Å². The molecular formula is C17H21F4IN4OS. The van der Waals surface area contributed by atoms with Gasteiger partial charge in [-0.1, -0.05) is 6.07 Å². The second-order valence-electron chi connectivity index (χ2n) is 5.63. The minimum absolute atomic E-state index is 0. The van der Waals surface area contributed by atoms with Crippen LogP contribution in [-0.2, 0) is 12.6 Å². The lowest BCUT2D eigenvalue weighted by Gasteiger charge is -2.18. The summed E-state index contributed by atoms with van der Waals surface area (Å²) in [6.45, 7) is 2.19. The molecule has 1 unspecified atom stereocenters. The first-order valence-corrected chi connectivity index (χ1v) is 8.94. The molecule has 0 aliphatic heterocycles. The quantitative estimate of drug-likeness (QED) is 0.251. The van der Waals surface area contributed by atoms with Crippen LogP contribution in [0.3, 0.4) is 0 Å². The molecule has 0 spiro atoms. The van der Waals surface area contributed by atoms with Gasteiger partial charge in [-0.05, 0) is 24.6 Å². The number of aliphatic imine (C=N–C) groups is 1. The van der Waals surface area contributed by atoms with Crippen LogP contribution in [0.15, 0.2) is 28.6 Å². The van der Waals surface area contributed by atoms with Gasteiger partial charge in [0.2, 0.25) is 0 Å². The zero-order valence-electron chi connectivity index (χ0n) is 15.4. The van der Waals surface area contributed by atoms with Gasteiger partial charge < -0.3 is 15.4 Å². The van der Waals surface area contributed by atoms with E-state index in [2.05, 4.69) is 20.6 Å². The van der Waals surface area contributed by atoms with Gasteiger partial charge in [0.25, 0.3) is 0 Å². The third-order valence-electron chi connectivity index (χ3n) is 3.73. The van der Waals surface area contributed by atoms with Gasteiger partial charge in [0.15, 0.2) is 23.2 Å². The van der Waals surface area contributed by atoms with Crippen LogP contribution in [0, 0.1) is 5.82 Å². The smallest absolute Gasteiger partial charge is 0.434 e. The Morgan fingerprint density at radius 3 is 2.61 bits per heavy atom. The molecule has 0 fully saturated rings. The number of thiazole rings is 1. The Kier molecular flexibility index (Phi) is 9.40. The molecule has 2 rings (SSSR count). The van der Waals surface area contributed by atoms with Crippen molar-refractivity contribution in [2.45, 2.75) is 25.6 Å². The molecule has 0 bridgehead atoms. The highest BCUT2D eigenvalue weighted by atomic mass is 127. The standard InChI is InChI=1S/C17H20F4N4OS.HI/c1-10(11-4-5-13(26-3)12(18)8-11)24-16(22-2)23-7-6-15-25-14(9-27-15)17(19,20)21;/h4-5,8-10H,6-7H2,1-3H3,(H2,22,23,24);1H. The summed E-state index contributed by atoms with van der Waals surface area (Å²) >= 11 is 0.967. The number of ether oxygens (including phenoxy) is 1. The molecule has 1 aromatic carbocycles. The summed E-state index contributed by atoms with van der Waals surface area (Å²) in [5, 5.41) is 7.49. The summed E-state index contributed by atoms with van der Waals surface area (Å²) in [5.41, 5.74) is -0.175. The molecule has 2 aromatic rings. The molecule has 11 heteroatoms.